The van der Waals surface area contributed by atoms with Crippen LogP contribution >= 0.6 is 0 Å². The van der Waals surface area contributed by atoms with Gasteiger partial charge in [-0.05, 0) is 37.6 Å². The molecule has 154 valence electrons. The normalized spacial score (nSPS) is 11.2. The molecule has 0 aliphatic rings. The lowest BCUT2D eigenvalue weighted by molar-refractivity contribution is 0.0973. The summed E-state index contributed by atoms with van der Waals surface area (Å²) in [5, 5.41) is 12.3. The van der Waals surface area contributed by atoms with E-state index in [0.29, 0.717) is 12.5 Å². The van der Waals surface area contributed by atoms with E-state index in [1.807, 2.05) is 66.9 Å². The van der Waals surface area contributed by atoms with Gasteiger partial charge in [0.2, 0.25) is 5.95 Å². The number of nitrogens with zero attached hydrogens (tertiary/aromatic N) is 3. The predicted molar refractivity (Wildman–Crippen MR) is 119 cm³/mol. The van der Waals surface area contributed by atoms with Crippen molar-refractivity contribution in [2.75, 3.05) is 18.5 Å². The number of rotatable bonds is 8. The van der Waals surface area contributed by atoms with Crippen molar-refractivity contribution in [3.8, 4) is 0 Å². The fourth-order valence-corrected chi connectivity index (χ4v) is 3.86. The van der Waals surface area contributed by atoms with Gasteiger partial charge < -0.3 is 19.6 Å². The van der Waals surface area contributed by atoms with Crippen LogP contribution in [0.3, 0.4) is 0 Å². The highest BCUT2D eigenvalue weighted by molar-refractivity contribution is 5.98. The maximum Gasteiger partial charge on any atom is 0.204 e. The first-order chi connectivity index (χ1) is 14.6. The van der Waals surface area contributed by atoms with Crippen molar-refractivity contribution in [3.63, 3.8) is 0 Å². The summed E-state index contributed by atoms with van der Waals surface area (Å²) < 4.78 is 4.07. The third-order valence-corrected chi connectivity index (χ3v) is 5.41. The number of hydrogen-bond donors (Lipinski definition) is 2. The van der Waals surface area contributed by atoms with E-state index >= 15 is 0 Å². The second kappa shape index (κ2) is 8.55. The van der Waals surface area contributed by atoms with Crippen molar-refractivity contribution in [2.24, 2.45) is 0 Å². The number of anilines is 1. The molecule has 0 aliphatic carbocycles. The van der Waals surface area contributed by atoms with Crippen LogP contribution in [0.25, 0.3) is 11.0 Å². The summed E-state index contributed by atoms with van der Waals surface area (Å²) in [7, 11) is 0. The van der Waals surface area contributed by atoms with Crippen LogP contribution in [-0.4, -0.2) is 38.2 Å². The largest absolute Gasteiger partial charge is 0.395 e. The number of aliphatic hydroxyl groups excluding tert-OH is 1. The number of aryl methyl sites for hydroxylation is 1. The van der Waals surface area contributed by atoms with E-state index in [1.54, 1.807) is 0 Å². The van der Waals surface area contributed by atoms with Crippen LogP contribution in [0, 0.1) is 13.8 Å². The van der Waals surface area contributed by atoms with Gasteiger partial charge in [0.05, 0.1) is 24.2 Å². The molecular weight excluding hydrogens is 376 g/mol. The third kappa shape index (κ3) is 3.86. The molecule has 4 rings (SSSR count). The number of carbonyl (C=O) groups excluding carboxylic acids is 1. The van der Waals surface area contributed by atoms with Crippen LogP contribution in [0.4, 0.5) is 5.95 Å². The molecule has 0 aliphatic heterocycles. The lowest BCUT2D eigenvalue weighted by Gasteiger charge is -2.11. The summed E-state index contributed by atoms with van der Waals surface area (Å²) in [5.41, 5.74) is 5.68. The second-order valence-corrected chi connectivity index (χ2v) is 7.44. The lowest BCUT2D eigenvalue weighted by atomic mass is 10.1. The highest BCUT2D eigenvalue weighted by atomic mass is 16.3. The summed E-state index contributed by atoms with van der Waals surface area (Å²) in [6.45, 7) is 5.33. The molecule has 2 aromatic carbocycles. The van der Waals surface area contributed by atoms with Crippen LogP contribution in [-0.2, 0) is 13.1 Å². The van der Waals surface area contributed by atoms with Gasteiger partial charge in [-0.25, -0.2) is 4.98 Å². The molecule has 2 aromatic heterocycles. The van der Waals surface area contributed by atoms with Gasteiger partial charge in [-0.3, -0.25) is 4.79 Å². The molecule has 0 spiro atoms. The molecule has 4 aromatic rings. The van der Waals surface area contributed by atoms with Crippen molar-refractivity contribution < 1.29 is 9.90 Å². The van der Waals surface area contributed by atoms with Gasteiger partial charge >= 0.3 is 0 Å². The van der Waals surface area contributed by atoms with E-state index in [-0.39, 0.29) is 18.9 Å². The Hall–Kier alpha value is -3.38. The fraction of sp³-hybridized carbons (Fsp3) is 0.250. The first-order valence-electron chi connectivity index (χ1n) is 10.1. The zero-order valence-electron chi connectivity index (χ0n) is 17.3. The quantitative estimate of drug-likeness (QED) is 0.440. The topological polar surface area (TPSA) is 72.1 Å². The van der Waals surface area contributed by atoms with E-state index < -0.39 is 0 Å². The zero-order valence-corrected chi connectivity index (χ0v) is 17.3. The maximum absolute atomic E-state index is 13.3. The van der Waals surface area contributed by atoms with Gasteiger partial charge in [0.1, 0.15) is 0 Å². The van der Waals surface area contributed by atoms with Gasteiger partial charge in [-0.15, -0.1) is 0 Å². The van der Waals surface area contributed by atoms with Crippen molar-refractivity contribution in [3.05, 3.63) is 83.2 Å². The monoisotopic (exact) mass is 402 g/mol. The highest BCUT2D eigenvalue weighted by Gasteiger charge is 2.19. The Balaban J connectivity index is 1.64. The minimum atomic E-state index is -0.00219. The maximum atomic E-state index is 13.3. The number of para-hydroxylation sites is 2. The lowest BCUT2D eigenvalue weighted by Crippen LogP contribution is -2.16. The fourth-order valence-electron chi connectivity index (χ4n) is 3.86. The molecule has 0 amide bonds. The Kier molecular flexibility index (Phi) is 5.68. The van der Waals surface area contributed by atoms with Crippen molar-refractivity contribution in [1.29, 1.82) is 0 Å². The SMILES string of the molecule is Cc1cc(C(=O)Cn2c(NCCO)nc3ccccc32)c(C)n1Cc1ccccc1. The Labute approximate surface area is 175 Å². The van der Waals surface area contributed by atoms with E-state index in [0.717, 1.165) is 34.5 Å². The highest BCUT2D eigenvalue weighted by Crippen LogP contribution is 2.23. The van der Waals surface area contributed by atoms with Crippen LogP contribution < -0.4 is 5.32 Å². The van der Waals surface area contributed by atoms with Crippen molar-refractivity contribution in [2.45, 2.75) is 26.9 Å². The standard InChI is InChI=1S/C24H26N4O2/c1-17-14-20(18(2)27(17)15-19-8-4-3-5-9-19)23(30)16-28-22-11-7-6-10-21(22)26-24(28)25-12-13-29/h3-11,14,29H,12-13,15-16H2,1-2H3,(H,25,26). The van der Waals surface area contributed by atoms with Crippen LogP contribution in [0.2, 0.25) is 0 Å². The first-order valence-corrected chi connectivity index (χ1v) is 10.1. The predicted octanol–water partition coefficient (Wildman–Crippen LogP) is 3.79. The summed E-state index contributed by atoms with van der Waals surface area (Å²) in [6, 6.07) is 20.0. The molecular formula is C24H26N4O2. The molecule has 30 heavy (non-hydrogen) atoms. The van der Waals surface area contributed by atoms with Crippen molar-refractivity contribution in [1.82, 2.24) is 14.1 Å². The molecule has 2 N–H and O–H groups in total. The number of aliphatic hydroxyl groups is 1. The van der Waals surface area contributed by atoms with Crippen LogP contribution in [0.15, 0.2) is 60.7 Å². The molecule has 0 bridgehead atoms. The summed E-state index contributed by atoms with van der Waals surface area (Å²) >= 11 is 0. The van der Waals surface area contributed by atoms with E-state index in [9.17, 15) is 9.90 Å². The number of hydrogen-bond acceptors (Lipinski definition) is 4. The van der Waals surface area contributed by atoms with Gasteiger partial charge in [-0.1, -0.05) is 42.5 Å². The van der Waals surface area contributed by atoms with E-state index in [2.05, 4.69) is 27.0 Å². The van der Waals surface area contributed by atoms with E-state index in [4.69, 9.17) is 0 Å². The van der Waals surface area contributed by atoms with Crippen LogP contribution in [0.1, 0.15) is 27.3 Å². The van der Waals surface area contributed by atoms with Crippen molar-refractivity contribution >= 4 is 22.8 Å². The number of fused-ring (bicyclic) bond motifs is 1. The zero-order chi connectivity index (χ0) is 21.1. The third-order valence-electron chi connectivity index (χ3n) is 5.41. The number of aromatic nitrogens is 3. The summed E-state index contributed by atoms with van der Waals surface area (Å²) in [6.07, 6.45) is 0. The van der Waals surface area contributed by atoms with E-state index in [1.165, 1.54) is 5.56 Å². The summed E-state index contributed by atoms with van der Waals surface area (Å²) in [4.78, 5) is 17.9. The number of Topliss-reactive ketones (excluding diaryl/α,β-unsaturated/α-hetero) is 1. The van der Waals surface area contributed by atoms with Gasteiger partial charge in [0.15, 0.2) is 5.78 Å². The van der Waals surface area contributed by atoms with Gasteiger partial charge in [0.25, 0.3) is 0 Å². The first kappa shape index (κ1) is 19.9. The number of carbonyl (C=O) groups is 1. The molecule has 6 nitrogen and oxygen atoms in total. The minimum absolute atomic E-state index is 0.00219. The average molecular weight is 402 g/mol. The Morgan fingerprint density at radius 1 is 1.03 bits per heavy atom. The summed E-state index contributed by atoms with van der Waals surface area (Å²) in [5.74, 6) is 0.634. The number of nitrogens with one attached hydrogen (secondary N) is 1. The van der Waals surface area contributed by atoms with Crippen LogP contribution in [0.5, 0.6) is 0 Å². The Bertz CT molecular complexity index is 1170. The number of imidazole rings is 1. The Morgan fingerprint density at radius 3 is 2.53 bits per heavy atom. The smallest absolute Gasteiger partial charge is 0.204 e. The molecule has 0 saturated heterocycles. The average Bonchev–Trinajstić information content (AvgIpc) is 3.25. The van der Waals surface area contributed by atoms with Gasteiger partial charge in [0, 0.05) is 30.0 Å². The minimum Gasteiger partial charge on any atom is -0.395 e. The molecule has 0 radical (unpaired) electrons. The van der Waals surface area contributed by atoms with Gasteiger partial charge in [-0.2, -0.15) is 0 Å². The number of ketones is 1. The molecule has 6 heteroatoms. The second-order valence-electron chi connectivity index (χ2n) is 7.44. The number of benzene rings is 2. The molecule has 0 atom stereocenters. The molecule has 0 saturated carbocycles. The Morgan fingerprint density at radius 2 is 1.77 bits per heavy atom. The molecule has 0 unspecified atom stereocenters. The molecule has 0 fully saturated rings. The molecule has 2 heterocycles.